The number of carbonyl (C=O) groups is 1. The molecule has 0 aliphatic carbocycles. The number of carbonyl (C=O) groups excluding carboxylic acids is 1. The molecule has 7 nitrogen and oxygen atoms in total. The van der Waals surface area contributed by atoms with Crippen LogP contribution < -0.4 is 0 Å². The van der Waals surface area contributed by atoms with Gasteiger partial charge in [0.2, 0.25) is 10.0 Å². The van der Waals surface area contributed by atoms with Crippen LogP contribution in [0.3, 0.4) is 0 Å². The van der Waals surface area contributed by atoms with Crippen LogP contribution in [0.1, 0.15) is 24.8 Å². The second kappa shape index (κ2) is 6.31. The summed E-state index contributed by atoms with van der Waals surface area (Å²) < 4.78 is 26.0. The lowest BCUT2D eigenvalue weighted by Gasteiger charge is -2.31. The molecular formula is C13H16N2O5S. The SMILES string of the molecule is O=CC1CCCCN1S(=O)(=O)Cc1ccc([N+](=O)[O-])cc1. The van der Waals surface area contributed by atoms with Gasteiger partial charge >= 0.3 is 0 Å². The third-order valence-electron chi connectivity index (χ3n) is 3.51. The highest BCUT2D eigenvalue weighted by Gasteiger charge is 2.32. The Labute approximate surface area is 122 Å². The van der Waals surface area contributed by atoms with Gasteiger partial charge in [0.1, 0.15) is 6.29 Å². The number of nitro benzene ring substituents is 1. The van der Waals surface area contributed by atoms with Crippen molar-refractivity contribution in [1.82, 2.24) is 4.31 Å². The molecule has 8 heteroatoms. The molecule has 21 heavy (non-hydrogen) atoms. The summed E-state index contributed by atoms with van der Waals surface area (Å²) in [5.41, 5.74) is 0.385. The molecule has 1 aliphatic heterocycles. The lowest BCUT2D eigenvalue weighted by Crippen LogP contribution is -2.44. The van der Waals surface area contributed by atoms with Crippen molar-refractivity contribution in [3.63, 3.8) is 0 Å². The van der Waals surface area contributed by atoms with Crippen LogP contribution in [-0.4, -0.2) is 36.5 Å². The first kappa shape index (κ1) is 15.6. The van der Waals surface area contributed by atoms with E-state index in [1.54, 1.807) is 0 Å². The molecule has 2 rings (SSSR count). The number of hydrogen-bond acceptors (Lipinski definition) is 5. The van der Waals surface area contributed by atoms with Crippen LogP contribution >= 0.6 is 0 Å². The zero-order valence-electron chi connectivity index (χ0n) is 11.3. The third-order valence-corrected chi connectivity index (χ3v) is 5.37. The van der Waals surface area contributed by atoms with E-state index in [0.29, 0.717) is 24.8 Å². The maximum atomic E-state index is 12.4. The fraction of sp³-hybridized carbons (Fsp3) is 0.462. The Kier molecular flexibility index (Phi) is 4.69. The molecule has 1 unspecified atom stereocenters. The first-order valence-corrected chi connectivity index (χ1v) is 8.23. The Bertz CT molecular complexity index is 626. The second-order valence-electron chi connectivity index (χ2n) is 4.99. The van der Waals surface area contributed by atoms with Crippen LogP contribution in [0.2, 0.25) is 0 Å². The number of sulfonamides is 1. The summed E-state index contributed by atoms with van der Waals surface area (Å²) in [5, 5.41) is 10.6. The minimum absolute atomic E-state index is 0.0834. The monoisotopic (exact) mass is 312 g/mol. The topological polar surface area (TPSA) is 97.6 Å². The van der Waals surface area contributed by atoms with Crippen molar-refractivity contribution in [2.24, 2.45) is 0 Å². The Balaban J connectivity index is 2.16. The predicted octanol–water partition coefficient (Wildman–Crippen LogP) is 1.48. The number of aldehydes is 1. The summed E-state index contributed by atoms with van der Waals surface area (Å²) in [4.78, 5) is 21.0. The minimum Gasteiger partial charge on any atom is -0.302 e. The maximum Gasteiger partial charge on any atom is 0.269 e. The molecule has 0 aromatic heterocycles. The Morgan fingerprint density at radius 1 is 1.29 bits per heavy atom. The van der Waals surface area contributed by atoms with Gasteiger partial charge in [0.15, 0.2) is 0 Å². The van der Waals surface area contributed by atoms with Gasteiger partial charge in [0, 0.05) is 18.7 Å². The smallest absolute Gasteiger partial charge is 0.269 e. The van der Waals surface area contributed by atoms with E-state index in [1.165, 1.54) is 28.6 Å². The number of rotatable bonds is 5. The van der Waals surface area contributed by atoms with Crippen molar-refractivity contribution in [3.8, 4) is 0 Å². The van der Waals surface area contributed by atoms with E-state index in [0.717, 1.165) is 12.8 Å². The van der Waals surface area contributed by atoms with Gasteiger partial charge in [-0.25, -0.2) is 8.42 Å². The van der Waals surface area contributed by atoms with Crippen LogP contribution in [0.25, 0.3) is 0 Å². The van der Waals surface area contributed by atoms with E-state index in [-0.39, 0.29) is 11.4 Å². The van der Waals surface area contributed by atoms with Crippen molar-refractivity contribution in [3.05, 3.63) is 39.9 Å². The van der Waals surface area contributed by atoms with Gasteiger partial charge in [-0.05, 0) is 18.4 Å². The van der Waals surface area contributed by atoms with Gasteiger partial charge in [-0.2, -0.15) is 4.31 Å². The average Bonchev–Trinajstić information content (AvgIpc) is 2.47. The molecule has 1 aromatic carbocycles. The number of piperidine rings is 1. The summed E-state index contributed by atoms with van der Waals surface area (Å²) in [6.45, 7) is 0.346. The lowest BCUT2D eigenvalue weighted by molar-refractivity contribution is -0.384. The summed E-state index contributed by atoms with van der Waals surface area (Å²) in [5.74, 6) is -0.255. The molecule has 1 heterocycles. The fourth-order valence-corrected chi connectivity index (χ4v) is 4.17. The quantitative estimate of drug-likeness (QED) is 0.466. The molecule has 1 atom stereocenters. The predicted molar refractivity (Wildman–Crippen MR) is 76.1 cm³/mol. The summed E-state index contributed by atoms with van der Waals surface area (Å²) >= 11 is 0. The average molecular weight is 312 g/mol. The number of benzene rings is 1. The molecule has 0 radical (unpaired) electrons. The van der Waals surface area contributed by atoms with E-state index >= 15 is 0 Å². The Hall–Kier alpha value is -1.80. The molecule has 0 bridgehead atoms. The standard InChI is InChI=1S/C13H16N2O5S/c16-9-13-3-1-2-8-14(13)21(19,20)10-11-4-6-12(7-5-11)15(17)18/h4-7,9,13H,1-3,8,10H2. The van der Waals surface area contributed by atoms with Gasteiger partial charge in [-0.3, -0.25) is 10.1 Å². The highest BCUT2D eigenvalue weighted by Crippen LogP contribution is 2.22. The first-order chi connectivity index (χ1) is 9.94. The molecule has 0 amide bonds. The van der Waals surface area contributed by atoms with Gasteiger partial charge in [0.05, 0.1) is 16.7 Å². The molecule has 0 saturated carbocycles. The van der Waals surface area contributed by atoms with Gasteiger partial charge in [-0.1, -0.05) is 18.6 Å². The highest BCUT2D eigenvalue weighted by molar-refractivity contribution is 7.88. The fourth-order valence-electron chi connectivity index (χ4n) is 2.42. The summed E-state index contributed by atoms with van der Waals surface area (Å²) in [6, 6.07) is 4.81. The lowest BCUT2D eigenvalue weighted by atomic mass is 10.1. The molecule has 0 N–H and O–H groups in total. The molecule has 114 valence electrons. The first-order valence-electron chi connectivity index (χ1n) is 6.62. The van der Waals surface area contributed by atoms with Crippen molar-refractivity contribution >= 4 is 22.0 Å². The van der Waals surface area contributed by atoms with Crippen LogP contribution in [0, 0.1) is 10.1 Å². The molecule has 1 aromatic rings. The van der Waals surface area contributed by atoms with Crippen molar-refractivity contribution < 1.29 is 18.1 Å². The summed E-state index contributed by atoms with van der Waals surface area (Å²) in [7, 11) is -3.60. The zero-order valence-corrected chi connectivity index (χ0v) is 12.2. The number of nitro groups is 1. The van der Waals surface area contributed by atoms with Crippen LogP contribution in [0.4, 0.5) is 5.69 Å². The number of non-ortho nitro benzene ring substituents is 1. The third kappa shape index (κ3) is 3.64. The van der Waals surface area contributed by atoms with E-state index in [4.69, 9.17) is 0 Å². The molecule has 1 saturated heterocycles. The van der Waals surface area contributed by atoms with Crippen molar-refractivity contribution in [2.75, 3.05) is 6.54 Å². The van der Waals surface area contributed by atoms with E-state index in [2.05, 4.69) is 0 Å². The van der Waals surface area contributed by atoms with E-state index in [9.17, 15) is 23.3 Å². The van der Waals surface area contributed by atoms with Crippen LogP contribution in [0.15, 0.2) is 24.3 Å². The van der Waals surface area contributed by atoms with E-state index in [1.807, 2.05) is 0 Å². The zero-order chi connectivity index (χ0) is 15.5. The number of hydrogen-bond donors (Lipinski definition) is 0. The van der Waals surface area contributed by atoms with Crippen molar-refractivity contribution in [1.29, 1.82) is 0 Å². The molecule has 0 spiro atoms. The molecular weight excluding hydrogens is 296 g/mol. The van der Waals surface area contributed by atoms with Gasteiger partial charge in [0.25, 0.3) is 5.69 Å². The normalized spacial score (nSPS) is 20.1. The van der Waals surface area contributed by atoms with Crippen LogP contribution in [-0.2, 0) is 20.6 Å². The molecule has 1 aliphatic rings. The number of nitrogens with zero attached hydrogens (tertiary/aromatic N) is 2. The Morgan fingerprint density at radius 3 is 2.52 bits per heavy atom. The summed E-state index contributed by atoms with van der Waals surface area (Å²) in [6.07, 6.45) is 2.80. The highest BCUT2D eigenvalue weighted by atomic mass is 32.2. The van der Waals surface area contributed by atoms with Crippen LogP contribution in [0.5, 0.6) is 0 Å². The molecule has 1 fully saturated rings. The minimum atomic E-state index is -3.60. The van der Waals surface area contributed by atoms with Gasteiger partial charge in [-0.15, -0.1) is 0 Å². The van der Waals surface area contributed by atoms with E-state index < -0.39 is 21.0 Å². The largest absolute Gasteiger partial charge is 0.302 e. The van der Waals surface area contributed by atoms with Gasteiger partial charge < -0.3 is 4.79 Å². The van der Waals surface area contributed by atoms with Crippen molar-refractivity contribution in [2.45, 2.75) is 31.1 Å². The second-order valence-corrected chi connectivity index (χ2v) is 6.91. The Morgan fingerprint density at radius 2 is 1.95 bits per heavy atom. The maximum absolute atomic E-state index is 12.4.